The van der Waals surface area contributed by atoms with E-state index in [0.29, 0.717) is 12.2 Å². The van der Waals surface area contributed by atoms with Crippen LogP contribution in [0.25, 0.3) is 0 Å². The fourth-order valence-corrected chi connectivity index (χ4v) is 1.80. The highest BCUT2D eigenvalue weighted by atomic mass is 16.5. The summed E-state index contributed by atoms with van der Waals surface area (Å²) in [7, 11) is 0. The smallest absolute Gasteiger partial charge is 0.337 e. The normalized spacial score (nSPS) is 11.2. The van der Waals surface area contributed by atoms with Crippen molar-refractivity contribution in [2.45, 2.75) is 33.1 Å². The van der Waals surface area contributed by atoms with Gasteiger partial charge >= 0.3 is 6.01 Å². The summed E-state index contributed by atoms with van der Waals surface area (Å²) in [6.07, 6.45) is 0. The minimum absolute atomic E-state index is 0.0618. The summed E-state index contributed by atoms with van der Waals surface area (Å²) in [5.41, 5.74) is 1.81. The second kappa shape index (κ2) is 5.95. The van der Waals surface area contributed by atoms with Crippen LogP contribution < -0.4 is 10.1 Å². The van der Waals surface area contributed by atoms with Gasteiger partial charge in [-0.15, -0.1) is 5.10 Å². The van der Waals surface area contributed by atoms with Gasteiger partial charge in [0.2, 0.25) is 5.95 Å². The molecule has 0 aliphatic carbocycles. The number of amides is 1. The summed E-state index contributed by atoms with van der Waals surface area (Å²) in [5.74, 6) is 0.0259. The molecule has 0 aliphatic rings. The van der Waals surface area contributed by atoms with E-state index in [-0.39, 0.29) is 23.3 Å². The molecule has 1 amide bonds. The van der Waals surface area contributed by atoms with Crippen LogP contribution in [-0.4, -0.2) is 27.7 Å². The molecule has 2 rings (SSSR count). The average Bonchev–Trinajstić information content (AvgIpc) is 2.86. The maximum Gasteiger partial charge on any atom is 0.337 e. The molecule has 1 aromatic carbocycles. The molecule has 0 aliphatic heterocycles. The Morgan fingerprint density at radius 2 is 1.95 bits per heavy atom. The molecule has 2 aromatic rings. The highest BCUT2D eigenvalue weighted by molar-refractivity contribution is 6.03. The Balaban J connectivity index is 2.06. The number of hydrogen-bond donors (Lipinski definition) is 2. The third-order valence-corrected chi connectivity index (χ3v) is 2.98. The molecule has 0 spiro atoms. The van der Waals surface area contributed by atoms with E-state index in [9.17, 15) is 4.79 Å². The number of anilines is 1. The molecule has 0 bridgehead atoms. The number of carbonyl (C=O) groups excluding carboxylic acids is 1. The lowest BCUT2D eigenvalue weighted by Crippen LogP contribution is -2.15. The molecule has 0 atom stereocenters. The Bertz CT molecular complexity index is 611. The van der Waals surface area contributed by atoms with Crippen molar-refractivity contribution in [3.05, 3.63) is 35.4 Å². The van der Waals surface area contributed by atoms with Gasteiger partial charge in [-0.2, -0.15) is 4.98 Å². The summed E-state index contributed by atoms with van der Waals surface area (Å²) in [6.45, 7) is 8.70. The summed E-state index contributed by atoms with van der Waals surface area (Å²) < 4.78 is 5.12. The fraction of sp³-hybridized carbons (Fsp3) is 0.400. The molecule has 1 heterocycles. The largest absolute Gasteiger partial charge is 0.463 e. The van der Waals surface area contributed by atoms with Crippen LogP contribution in [0.3, 0.4) is 0 Å². The van der Waals surface area contributed by atoms with Crippen LogP contribution in [0.4, 0.5) is 5.95 Å². The maximum atomic E-state index is 12.1. The van der Waals surface area contributed by atoms with Gasteiger partial charge in [0.1, 0.15) is 0 Å². The van der Waals surface area contributed by atoms with E-state index in [4.69, 9.17) is 4.74 Å². The molecule has 1 aromatic heterocycles. The zero-order valence-corrected chi connectivity index (χ0v) is 12.7. The average molecular weight is 288 g/mol. The van der Waals surface area contributed by atoms with E-state index in [0.717, 1.165) is 0 Å². The number of aromatic amines is 1. The molecule has 0 radical (unpaired) electrons. The lowest BCUT2D eigenvalue weighted by atomic mass is 9.87. The van der Waals surface area contributed by atoms with Gasteiger partial charge in [-0.25, -0.2) is 5.10 Å². The van der Waals surface area contributed by atoms with Crippen molar-refractivity contribution in [1.82, 2.24) is 15.2 Å². The van der Waals surface area contributed by atoms with Crippen molar-refractivity contribution in [1.29, 1.82) is 0 Å². The number of ether oxygens (including phenoxy) is 1. The number of H-pyrrole nitrogens is 1. The second-order valence-corrected chi connectivity index (χ2v) is 5.68. The zero-order chi connectivity index (χ0) is 15.5. The van der Waals surface area contributed by atoms with Crippen LogP contribution in [0, 0.1) is 0 Å². The second-order valence-electron chi connectivity index (χ2n) is 5.68. The van der Waals surface area contributed by atoms with Crippen LogP contribution in [-0.2, 0) is 5.41 Å². The van der Waals surface area contributed by atoms with E-state index in [1.807, 2.05) is 19.1 Å². The standard InChI is InChI=1S/C15H20N4O2/c1-5-21-14-17-13(18-19-14)16-12(20)10-6-8-11(9-7-10)15(2,3)4/h6-9H,5H2,1-4H3,(H2,16,17,18,19,20). The molecule has 0 fully saturated rings. The first-order chi connectivity index (χ1) is 9.90. The van der Waals surface area contributed by atoms with E-state index < -0.39 is 0 Å². The monoisotopic (exact) mass is 288 g/mol. The molecular formula is C15H20N4O2. The topological polar surface area (TPSA) is 79.9 Å². The lowest BCUT2D eigenvalue weighted by Gasteiger charge is -2.18. The van der Waals surface area contributed by atoms with Gasteiger partial charge in [-0.1, -0.05) is 32.9 Å². The summed E-state index contributed by atoms with van der Waals surface area (Å²) >= 11 is 0. The Morgan fingerprint density at radius 1 is 1.29 bits per heavy atom. The van der Waals surface area contributed by atoms with Crippen molar-refractivity contribution < 1.29 is 9.53 Å². The minimum Gasteiger partial charge on any atom is -0.463 e. The fourth-order valence-electron chi connectivity index (χ4n) is 1.80. The molecule has 2 N–H and O–H groups in total. The van der Waals surface area contributed by atoms with Crippen molar-refractivity contribution in [2.75, 3.05) is 11.9 Å². The summed E-state index contributed by atoms with van der Waals surface area (Å²) in [4.78, 5) is 16.1. The number of hydrogen-bond acceptors (Lipinski definition) is 4. The van der Waals surface area contributed by atoms with Crippen molar-refractivity contribution in [3.63, 3.8) is 0 Å². The van der Waals surface area contributed by atoms with Gasteiger partial charge in [0.05, 0.1) is 6.61 Å². The van der Waals surface area contributed by atoms with Crippen LogP contribution in [0.15, 0.2) is 24.3 Å². The van der Waals surface area contributed by atoms with Crippen LogP contribution in [0.2, 0.25) is 0 Å². The Kier molecular flexibility index (Phi) is 4.26. The van der Waals surface area contributed by atoms with Crippen LogP contribution >= 0.6 is 0 Å². The lowest BCUT2D eigenvalue weighted by molar-refractivity contribution is 0.102. The number of nitrogens with zero attached hydrogens (tertiary/aromatic N) is 2. The predicted molar refractivity (Wildman–Crippen MR) is 80.6 cm³/mol. The van der Waals surface area contributed by atoms with Gasteiger partial charge < -0.3 is 4.74 Å². The molecule has 0 unspecified atom stereocenters. The van der Waals surface area contributed by atoms with Gasteiger partial charge in [-0.05, 0) is 30.0 Å². The molecule has 6 heteroatoms. The molecule has 21 heavy (non-hydrogen) atoms. The molecule has 6 nitrogen and oxygen atoms in total. The van der Waals surface area contributed by atoms with Crippen molar-refractivity contribution in [3.8, 4) is 6.01 Å². The number of carbonyl (C=O) groups is 1. The minimum atomic E-state index is -0.241. The third-order valence-electron chi connectivity index (χ3n) is 2.98. The van der Waals surface area contributed by atoms with E-state index in [2.05, 4.69) is 41.3 Å². The Labute approximate surface area is 123 Å². The third kappa shape index (κ3) is 3.81. The Hall–Kier alpha value is -2.37. The maximum absolute atomic E-state index is 12.1. The molecular weight excluding hydrogens is 268 g/mol. The SMILES string of the molecule is CCOc1n[nH]c(NC(=O)c2ccc(C(C)(C)C)cc2)n1. The summed E-state index contributed by atoms with van der Waals surface area (Å²) in [6, 6.07) is 7.74. The number of nitrogens with one attached hydrogen (secondary N) is 2. The van der Waals surface area contributed by atoms with Crippen LogP contribution in [0.1, 0.15) is 43.6 Å². The van der Waals surface area contributed by atoms with Gasteiger partial charge in [0.25, 0.3) is 5.91 Å². The Morgan fingerprint density at radius 3 is 2.52 bits per heavy atom. The van der Waals surface area contributed by atoms with E-state index in [1.165, 1.54) is 5.56 Å². The van der Waals surface area contributed by atoms with Gasteiger partial charge in [0, 0.05) is 5.56 Å². The van der Waals surface area contributed by atoms with Gasteiger partial charge in [0.15, 0.2) is 0 Å². The molecule has 112 valence electrons. The van der Waals surface area contributed by atoms with Crippen molar-refractivity contribution in [2.24, 2.45) is 0 Å². The first-order valence-corrected chi connectivity index (χ1v) is 6.87. The van der Waals surface area contributed by atoms with Crippen molar-refractivity contribution >= 4 is 11.9 Å². The predicted octanol–water partition coefficient (Wildman–Crippen LogP) is 2.75. The zero-order valence-electron chi connectivity index (χ0n) is 12.7. The highest BCUT2D eigenvalue weighted by Gasteiger charge is 2.15. The number of aromatic nitrogens is 3. The first kappa shape index (κ1) is 15.0. The highest BCUT2D eigenvalue weighted by Crippen LogP contribution is 2.22. The summed E-state index contributed by atoms with van der Waals surface area (Å²) in [5, 5.41) is 9.08. The number of rotatable bonds is 4. The molecule has 0 saturated carbocycles. The quantitative estimate of drug-likeness (QED) is 0.906. The van der Waals surface area contributed by atoms with Gasteiger partial charge in [-0.3, -0.25) is 10.1 Å². The first-order valence-electron chi connectivity index (χ1n) is 6.87. The number of benzene rings is 1. The molecule has 0 saturated heterocycles. The van der Waals surface area contributed by atoms with E-state index >= 15 is 0 Å². The van der Waals surface area contributed by atoms with Crippen LogP contribution in [0.5, 0.6) is 6.01 Å². The van der Waals surface area contributed by atoms with E-state index in [1.54, 1.807) is 12.1 Å².